The third kappa shape index (κ3) is 2.96. The zero-order valence-corrected chi connectivity index (χ0v) is 10.5. The normalized spacial score (nSPS) is 12.0. The van der Waals surface area contributed by atoms with E-state index in [0.29, 0.717) is 23.8 Å². The van der Waals surface area contributed by atoms with Gasteiger partial charge in [0, 0.05) is 17.3 Å². The van der Waals surface area contributed by atoms with Gasteiger partial charge in [0.15, 0.2) is 11.5 Å². The number of ketones is 1. The molecule has 0 aliphatic carbocycles. The van der Waals surface area contributed by atoms with Gasteiger partial charge >= 0.3 is 0 Å². The first kappa shape index (κ1) is 12.8. The van der Waals surface area contributed by atoms with E-state index in [0.717, 1.165) is 0 Å². The lowest BCUT2D eigenvalue weighted by molar-refractivity contribution is 0.0948. The minimum atomic E-state index is -0.381. The van der Waals surface area contributed by atoms with E-state index in [1.807, 2.05) is 13.8 Å². The summed E-state index contributed by atoms with van der Waals surface area (Å²) in [5.41, 5.74) is 5.96. The van der Waals surface area contributed by atoms with Gasteiger partial charge in [0.1, 0.15) is 11.4 Å². The molecule has 4 heteroatoms. The number of hydrogen-bond donors (Lipinski definition) is 1. The van der Waals surface area contributed by atoms with Gasteiger partial charge < -0.3 is 10.2 Å². The molecule has 3 nitrogen and oxygen atoms in total. The summed E-state index contributed by atoms with van der Waals surface area (Å²) in [7, 11) is 0. The van der Waals surface area contributed by atoms with Crippen molar-refractivity contribution in [2.75, 3.05) is 0 Å². The van der Waals surface area contributed by atoms with Gasteiger partial charge in [-0.05, 0) is 44.5 Å². The molecule has 2 rings (SSSR count). The van der Waals surface area contributed by atoms with Crippen LogP contribution in [0.2, 0.25) is 0 Å². The average molecular weight is 249 g/mol. The highest BCUT2D eigenvalue weighted by atomic mass is 19.1. The minimum Gasteiger partial charge on any atom is -0.453 e. The van der Waals surface area contributed by atoms with Gasteiger partial charge in [0.05, 0.1) is 0 Å². The summed E-state index contributed by atoms with van der Waals surface area (Å²) < 4.78 is 18.4. The van der Waals surface area contributed by atoms with Crippen LogP contribution in [0.15, 0.2) is 28.7 Å². The smallest absolute Gasteiger partial charge is 0.198 e. The summed E-state index contributed by atoms with van der Waals surface area (Å²) in [5.74, 6) is -0.185. The van der Waals surface area contributed by atoms with Crippen LogP contribution in [0.25, 0.3) is 11.0 Å². The fourth-order valence-corrected chi connectivity index (χ4v) is 1.71. The number of nitrogens with two attached hydrogens (primary N) is 1. The molecule has 0 radical (unpaired) electrons. The molecule has 2 aromatic rings. The first-order chi connectivity index (χ1) is 8.35. The number of furan rings is 1. The number of benzene rings is 1. The molecule has 18 heavy (non-hydrogen) atoms. The summed E-state index contributed by atoms with van der Waals surface area (Å²) >= 11 is 0. The van der Waals surface area contributed by atoms with Crippen LogP contribution in [-0.2, 0) is 0 Å². The van der Waals surface area contributed by atoms with Gasteiger partial charge in [-0.1, -0.05) is 0 Å². The molecule has 0 atom stereocenters. The van der Waals surface area contributed by atoms with E-state index >= 15 is 0 Å². The predicted octanol–water partition coefficient (Wildman–Crippen LogP) is 3.27. The largest absolute Gasteiger partial charge is 0.453 e. The minimum absolute atomic E-state index is 0.106. The molecular formula is C14H16FNO2. The first-order valence-electron chi connectivity index (χ1n) is 5.86. The van der Waals surface area contributed by atoms with Crippen molar-refractivity contribution in [3.63, 3.8) is 0 Å². The molecule has 0 aliphatic heterocycles. The van der Waals surface area contributed by atoms with Crippen molar-refractivity contribution in [3.8, 4) is 0 Å². The van der Waals surface area contributed by atoms with Crippen molar-refractivity contribution in [2.24, 2.45) is 5.73 Å². The third-order valence-corrected chi connectivity index (χ3v) is 2.75. The molecule has 1 aromatic carbocycles. The van der Waals surface area contributed by atoms with Crippen molar-refractivity contribution >= 4 is 16.8 Å². The Bertz CT molecular complexity index is 581. The Morgan fingerprint density at radius 1 is 1.39 bits per heavy atom. The van der Waals surface area contributed by atoms with Crippen LogP contribution in [0.3, 0.4) is 0 Å². The fourth-order valence-electron chi connectivity index (χ4n) is 1.71. The Balaban J connectivity index is 2.18. The maximum Gasteiger partial charge on any atom is 0.198 e. The molecule has 0 aliphatic rings. The Labute approximate surface area is 105 Å². The maximum atomic E-state index is 13.0. The van der Waals surface area contributed by atoms with Crippen molar-refractivity contribution in [3.05, 3.63) is 35.8 Å². The van der Waals surface area contributed by atoms with E-state index in [4.69, 9.17) is 10.2 Å². The lowest BCUT2D eigenvalue weighted by Crippen LogP contribution is -2.32. The predicted molar refractivity (Wildman–Crippen MR) is 68.0 cm³/mol. The molecule has 1 heterocycles. The third-order valence-electron chi connectivity index (χ3n) is 2.75. The lowest BCUT2D eigenvalue weighted by Gasteiger charge is -2.16. The van der Waals surface area contributed by atoms with Gasteiger partial charge in [-0.25, -0.2) is 4.39 Å². The summed E-state index contributed by atoms with van der Waals surface area (Å²) in [4.78, 5) is 11.9. The molecule has 2 N–H and O–H groups in total. The van der Waals surface area contributed by atoms with Crippen LogP contribution in [-0.4, -0.2) is 11.3 Å². The number of Topliss-reactive ketones (excluding diaryl/α,β-unsaturated/α-hetero) is 1. The van der Waals surface area contributed by atoms with Gasteiger partial charge in [0.25, 0.3) is 0 Å². The molecule has 1 aromatic heterocycles. The van der Waals surface area contributed by atoms with Crippen LogP contribution < -0.4 is 5.73 Å². The SMILES string of the molecule is CC(C)(N)CCC(=O)c1cc2cc(F)ccc2o1. The molecular weight excluding hydrogens is 233 g/mol. The number of hydrogen-bond acceptors (Lipinski definition) is 3. The van der Waals surface area contributed by atoms with Crippen LogP contribution in [0.4, 0.5) is 4.39 Å². The van der Waals surface area contributed by atoms with Gasteiger partial charge in [-0.3, -0.25) is 4.79 Å². The number of fused-ring (bicyclic) bond motifs is 1. The Kier molecular flexibility index (Phi) is 3.22. The van der Waals surface area contributed by atoms with Crippen LogP contribution >= 0.6 is 0 Å². The maximum absolute atomic E-state index is 13.0. The molecule has 0 amide bonds. The van der Waals surface area contributed by atoms with Crippen molar-refractivity contribution in [2.45, 2.75) is 32.2 Å². The summed E-state index contributed by atoms with van der Waals surface area (Å²) in [6.07, 6.45) is 0.906. The summed E-state index contributed by atoms with van der Waals surface area (Å²) in [5, 5.41) is 0.602. The van der Waals surface area contributed by atoms with E-state index < -0.39 is 0 Å². The monoisotopic (exact) mass is 249 g/mol. The zero-order chi connectivity index (χ0) is 13.3. The van der Waals surface area contributed by atoms with E-state index in [-0.39, 0.29) is 22.9 Å². The Morgan fingerprint density at radius 2 is 2.11 bits per heavy atom. The second-order valence-corrected chi connectivity index (χ2v) is 5.20. The van der Waals surface area contributed by atoms with E-state index in [1.54, 1.807) is 6.07 Å². The van der Waals surface area contributed by atoms with E-state index in [9.17, 15) is 9.18 Å². The number of halogens is 1. The quantitative estimate of drug-likeness (QED) is 0.846. The van der Waals surface area contributed by atoms with E-state index in [2.05, 4.69) is 0 Å². The summed E-state index contributed by atoms with van der Waals surface area (Å²) in [6.45, 7) is 3.74. The topological polar surface area (TPSA) is 56.2 Å². The van der Waals surface area contributed by atoms with Gasteiger partial charge in [-0.2, -0.15) is 0 Å². The van der Waals surface area contributed by atoms with Gasteiger partial charge in [0.2, 0.25) is 0 Å². The number of carbonyl (C=O) groups excluding carboxylic acids is 1. The van der Waals surface area contributed by atoms with Crippen molar-refractivity contribution in [1.29, 1.82) is 0 Å². The van der Waals surface area contributed by atoms with Crippen LogP contribution in [0, 0.1) is 5.82 Å². The molecule has 0 unspecified atom stereocenters. The average Bonchev–Trinajstić information content (AvgIpc) is 2.67. The summed E-state index contributed by atoms with van der Waals surface area (Å²) in [6, 6.07) is 5.75. The van der Waals surface area contributed by atoms with Crippen molar-refractivity contribution in [1.82, 2.24) is 0 Å². The first-order valence-corrected chi connectivity index (χ1v) is 5.86. The zero-order valence-electron chi connectivity index (χ0n) is 10.5. The fraction of sp³-hybridized carbons (Fsp3) is 0.357. The Morgan fingerprint density at radius 3 is 2.78 bits per heavy atom. The highest BCUT2D eigenvalue weighted by Crippen LogP contribution is 2.22. The Hall–Kier alpha value is -1.68. The number of rotatable bonds is 4. The van der Waals surface area contributed by atoms with Crippen LogP contribution in [0.1, 0.15) is 37.2 Å². The van der Waals surface area contributed by atoms with Gasteiger partial charge in [-0.15, -0.1) is 0 Å². The highest BCUT2D eigenvalue weighted by molar-refractivity contribution is 5.97. The molecule has 0 spiro atoms. The van der Waals surface area contributed by atoms with Crippen molar-refractivity contribution < 1.29 is 13.6 Å². The standard InChI is InChI=1S/C14H16FNO2/c1-14(2,16)6-5-11(17)13-8-9-7-10(15)3-4-12(9)18-13/h3-4,7-8H,5-6,16H2,1-2H3. The molecule has 0 saturated heterocycles. The van der Waals surface area contributed by atoms with Crippen LogP contribution in [0.5, 0.6) is 0 Å². The highest BCUT2D eigenvalue weighted by Gasteiger charge is 2.17. The lowest BCUT2D eigenvalue weighted by atomic mass is 9.98. The number of carbonyl (C=O) groups is 1. The molecule has 0 fully saturated rings. The second kappa shape index (κ2) is 4.53. The molecule has 0 bridgehead atoms. The molecule has 0 saturated carbocycles. The second-order valence-electron chi connectivity index (χ2n) is 5.20. The molecule has 96 valence electrons. The van der Waals surface area contributed by atoms with E-state index in [1.165, 1.54) is 18.2 Å².